The Labute approximate surface area is 154 Å². The largest absolute Gasteiger partial charge is 0.506 e. The zero-order valence-corrected chi connectivity index (χ0v) is 15.1. The van der Waals surface area contributed by atoms with Crippen LogP contribution in [0.1, 0.15) is 59.9 Å². The monoisotopic (exact) mass is 381 g/mol. The number of carboxylic acid groups (broad SMARTS) is 1. The molecule has 0 bridgehead atoms. The summed E-state index contributed by atoms with van der Waals surface area (Å²) < 4.78 is 0.920. The number of amides is 2. The van der Waals surface area contributed by atoms with Crippen LogP contribution in [-0.4, -0.2) is 50.8 Å². The number of aliphatic carboxylic acids is 1. The van der Waals surface area contributed by atoms with Gasteiger partial charge in [-0.3, -0.25) is 23.7 Å². The number of hydrogen-bond acceptors (Lipinski definition) is 6. The topological polar surface area (TPSA) is 158 Å². The second-order valence-corrected chi connectivity index (χ2v) is 6.86. The lowest BCUT2D eigenvalue weighted by atomic mass is 9.92. The van der Waals surface area contributed by atoms with Gasteiger partial charge in [0.25, 0.3) is 17.4 Å². The van der Waals surface area contributed by atoms with Crippen LogP contribution < -0.4 is 16.2 Å². The van der Waals surface area contributed by atoms with Crippen LogP contribution in [0.3, 0.4) is 0 Å². The second kappa shape index (κ2) is 8.11. The summed E-state index contributed by atoms with van der Waals surface area (Å²) in [4.78, 5) is 48.1. The molecular formula is C17H23N3O7. The van der Waals surface area contributed by atoms with Gasteiger partial charge < -0.3 is 26.0 Å². The van der Waals surface area contributed by atoms with Gasteiger partial charge in [0.2, 0.25) is 5.88 Å². The van der Waals surface area contributed by atoms with Gasteiger partial charge in [0.05, 0.1) is 0 Å². The first-order chi connectivity index (χ1) is 12.6. The minimum absolute atomic E-state index is 0.0837. The molecule has 10 nitrogen and oxygen atoms in total. The van der Waals surface area contributed by atoms with Crippen LogP contribution in [0.25, 0.3) is 0 Å². The molecule has 5 N–H and O–H groups in total. The minimum atomic E-state index is -1.33. The lowest BCUT2D eigenvalue weighted by Crippen LogP contribution is -2.39. The number of nitrogens with one attached hydrogen (secondary N) is 2. The molecule has 1 heterocycles. The van der Waals surface area contributed by atoms with E-state index in [-0.39, 0.29) is 12.5 Å². The fourth-order valence-corrected chi connectivity index (χ4v) is 2.70. The third kappa shape index (κ3) is 4.21. The molecule has 10 heteroatoms. The highest BCUT2D eigenvalue weighted by Gasteiger charge is 2.33. The number of nitrogens with zero attached hydrogens (tertiary/aromatic N) is 1. The first kappa shape index (κ1) is 20.3. The molecular weight excluding hydrogens is 358 g/mol. The van der Waals surface area contributed by atoms with Gasteiger partial charge in [-0.05, 0) is 25.2 Å². The Morgan fingerprint density at radius 3 is 2.19 bits per heavy atom. The molecule has 1 aromatic heterocycles. The fraction of sp³-hybridized carbons (Fsp3) is 0.529. The number of carbonyl (C=O) groups excluding carboxylic acids is 2. The molecule has 1 saturated carbocycles. The van der Waals surface area contributed by atoms with Gasteiger partial charge in [-0.15, -0.1) is 0 Å². The summed E-state index contributed by atoms with van der Waals surface area (Å²) in [6, 6.07) is -0.402. The van der Waals surface area contributed by atoms with Gasteiger partial charge in [-0.25, -0.2) is 0 Å². The van der Waals surface area contributed by atoms with Crippen molar-refractivity contribution in [1.29, 1.82) is 0 Å². The van der Waals surface area contributed by atoms with E-state index in [0.717, 1.165) is 11.0 Å². The maximum absolute atomic E-state index is 12.7. The summed E-state index contributed by atoms with van der Waals surface area (Å²) in [7, 11) is 0. The number of rotatable bonds is 7. The van der Waals surface area contributed by atoms with E-state index in [4.69, 9.17) is 5.11 Å². The Kier molecular flexibility index (Phi) is 6.09. The minimum Gasteiger partial charge on any atom is -0.506 e. The number of aromatic hydroxyl groups is 2. The molecule has 1 fully saturated rings. The molecule has 1 aliphatic rings. The van der Waals surface area contributed by atoms with Crippen LogP contribution in [0.5, 0.6) is 11.6 Å². The van der Waals surface area contributed by atoms with Gasteiger partial charge in [0.1, 0.15) is 17.7 Å². The third-order valence-corrected chi connectivity index (χ3v) is 4.32. The molecule has 2 rings (SSSR count). The van der Waals surface area contributed by atoms with Crippen LogP contribution in [-0.2, 0) is 4.79 Å². The van der Waals surface area contributed by atoms with E-state index >= 15 is 0 Å². The molecule has 2 amide bonds. The lowest BCUT2D eigenvalue weighted by Gasteiger charge is -2.29. The summed E-state index contributed by atoms with van der Waals surface area (Å²) in [6.07, 6.45) is 1.95. The van der Waals surface area contributed by atoms with E-state index in [0.29, 0.717) is 12.8 Å². The first-order valence-corrected chi connectivity index (χ1v) is 8.63. The van der Waals surface area contributed by atoms with E-state index in [1.807, 2.05) is 19.2 Å². The average molecular weight is 381 g/mol. The van der Waals surface area contributed by atoms with E-state index < -0.39 is 58.7 Å². The van der Waals surface area contributed by atoms with E-state index in [1.165, 1.54) is 0 Å². The molecule has 0 unspecified atom stereocenters. The molecule has 0 aromatic carbocycles. The van der Waals surface area contributed by atoms with Gasteiger partial charge in [-0.2, -0.15) is 0 Å². The Hall–Kier alpha value is -3.04. The molecule has 0 aliphatic heterocycles. The summed E-state index contributed by atoms with van der Waals surface area (Å²) in [5.41, 5.74) is -2.25. The summed E-state index contributed by atoms with van der Waals surface area (Å²) in [5.74, 6) is -4.97. The second-order valence-electron chi connectivity index (χ2n) is 6.86. The SMILES string of the molecule is CC(C)CNC(=O)c1c(O)c(C(=O)NCC(=O)O)c(O)n(C2CCC2)c1=O. The van der Waals surface area contributed by atoms with Crippen molar-refractivity contribution >= 4 is 17.8 Å². The fourth-order valence-electron chi connectivity index (χ4n) is 2.70. The van der Waals surface area contributed by atoms with Crippen LogP contribution in [0, 0.1) is 5.92 Å². The van der Waals surface area contributed by atoms with Gasteiger partial charge in [0.15, 0.2) is 5.75 Å². The van der Waals surface area contributed by atoms with Crippen molar-refractivity contribution in [3.05, 3.63) is 21.5 Å². The molecule has 0 radical (unpaired) electrons. The van der Waals surface area contributed by atoms with Crippen LogP contribution in [0.15, 0.2) is 4.79 Å². The molecule has 0 atom stereocenters. The zero-order chi connectivity index (χ0) is 20.3. The van der Waals surface area contributed by atoms with Gasteiger partial charge in [-0.1, -0.05) is 13.8 Å². The zero-order valence-electron chi connectivity index (χ0n) is 15.1. The summed E-state index contributed by atoms with van der Waals surface area (Å²) >= 11 is 0. The Bertz CT molecular complexity index is 825. The Morgan fingerprint density at radius 2 is 1.70 bits per heavy atom. The van der Waals surface area contributed by atoms with Crippen molar-refractivity contribution in [2.75, 3.05) is 13.1 Å². The quantitative estimate of drug-likeness (QED) is 0.451. The van der Waals surface area contributed by atoms with Crippen molar-refractivity contribution in [2.45, 2.75) is 39.2 Å². The van der Waals surface area contributed by atoms with Crippen LogP contribution in [0.4, 0.5) is 0 Å². The normalized spacial score (nSPS) is 13.9. The highest BCUT2D eigenvalue weighted by molar-refractivity contribution is 6.05. The van der Waals surface area contributed by atoms with Crippen molar-refractivity contribution < 1.29 is 29.7 Å². The molecule has 148 valence electrons. The maximum atomic E-state index is 12.7. The van der Waals surface area contributed by atoms with Crippen molar-refractivity contribution in [1.82, 2.24) is 15.2 Å². The van der Waals surface area contributed by atoms with E-state index in [2.05, 4.69) is 5.32 Å². The van der Waals surface area contributed by atoms with Gasteiger partial charge in [0, 0.05) is 12.6 Å². The van der Waals surface area contributed by atoms with Crippen molar-refractivity contribution in [3.63, 3.8) is 0 Å². The molecule has 1 aliphatic carbocycles. The first-order valence-electron chi connectivity index (χ1n) is 8.63. The number of carboxylic acids is 1. The lowest BCUT2D eigenvalue weighted by molar-refractivity contribution is -0.135. The number of carbonyl (C=O) groups is 3. The van der Waals surface area contributed by atoms with E-state index in [1.54, 1.807) is 0 Å². The molecule has 0 saturated heterocycles. The third-order valence-electron chi connectivity index (χ3n) is 4.32. The highest BCUT2D eigenvalue weighted by atomic mass is 16.4. The highest BCUT2D eigenvalue weighted by Crippen LogP contribution is 2.37. The number of hydrogen-bond donors (Lipinski definition) is 5. The van der Waals surface area contributed by atoms with Crippen LogP contribution in [0.2, 0.25) is 0 Å². The maximum Gasteiger partial charge on any atom is 0.322 e. The van der Waals surface area contributed by atoms with Crippen LogP contribution >= 0.6 is 0 Å². The molecule has 27 heavy (non-hydrogen) atoms. The average Bonchev–Trinajstić information content (AvgIpc) is 2.53. The smallest absolute Gasteiger partial charge is 0.322 e. The number of aromatic nitrogens is 1. The Morgan fingerprint density at radius 1 is 1.11 bits per heavy atom. The predicted molar refractivity (Wildman–Crippen MR) is 94.1 cm³/mol. The Balaban J connectivity index is 2.56. The summed E-state index contributed by atoms with van der Waals surface area (Å²) in [5, 5.41) is 34.0. The van der Waals surface area contributed by atoms with E-state index in [9.17, 15) is 29.4 Å². The van der Waals surface area contributed by atoms with Gasteiger partial charge >= 0.3 is 5.97 Å². The predicted octanol–water partition coefficient (Wildman–Crippen LogP) is 0.185. The summed E-state index contributed by atoms with van der Waals surface area (Å²) in [6.45, 7) is 3.17. The van der Waals surface area contributed by atoms with Crippen molar-refractivity contribution in [3.8, 4) is 11.6 Å². The van der Waals surface area contributed by atoms with Crippen molar-refractivity contribution in [2.24, 2.45) is 5.92 Å². The molecule has 0 spiro atoms. The molecule has 1 aromatic rings. The standard InChI is InChI=1S/C17H23N3O7/c1-8(2)6-18-14(24)11-13(23)12(15(25)19-7-10(21)22)17(27)20(16(11)26)9-4-3-5-9/h8-9,23,27H,3-7H2,1-2H3,(H,18,24)(H,19,25)(H,21,22). The number of pyridine rings is 1.